The summed E-state index contributed by atoms with van der Waals surface area (Å²) < 4.78 is 32.9. The lowest BCUT2D eigenvalue weighted by atomic mass is 9.83. The SMILES string of the molecule is CCOc1ccc(Cc2cc(C3O[C@](C)(CO)[C@@H](OCc4ccccc4)C(OCc4ccccc4)[C@H]3OCc3ccccc3)ccc2Cl)cc1. The molecule has 0 bridgehead atoms. The zero-order valence-corrected chi connectivity index (χ0v) is 29.4. The van der Waals surface area contributed by atoms with Gasteiger partial charge in [0.25, 0.3) is 0 Å². The van der Waals surface area contributed by atoms with Crippen molar-refractivity contribution in [3.63, 3.8) is 0 Å². The van der Waals surface area contributed by atoms with E-state index in [1.54, 1.807) is 0 Å². The minimum Gasteiger partial charge on any atom is -0.494 e. The molecule has 0 amide bonds. The summed E-state index contributed by atoms with van der Waals surface area (Å²) in [6, 6.07) is 44.1. The lowest BCUT2D eigenvalue weighted by molar-refractivity contribution is -0.306. The van der Waals surface area contributed by atoms with Crippen LogP contribution < -0.4 is 4.74 Å². The van der Waals surface area contributed by atoms with Gasteiger partial charge in [0, 0.05) is 5.02 Å². The third-order valence-electron chi connectivity index (χ3n) is 9.10. The predicted molar refractivity (Wildman–Crippen MR) is 196 cm³/mol. The van der Waals surface area contributed by atoms with Crippen molar-refractivity contribution in [2.75, 3.05) is 13.2 Å². The van der Waals surface area contributed by atoms with Crippen LogP contribution in [0.1, 0.15) is 53.3 Å². The first-order chi connectivity index (χ1) is 24.5. The van der Waals surface area contributed by atoms with Crippen molar-refractivity contribution in [1.29, 1.82) is 0 Å². The fourth-order valence-electron chi connectivity index (χ4n) is 6.43. The molecule has 0 aromatic heterocycles. The molecule has 2 unspecified atom stereocenters. The molecule has 5 atom stereocenters. The van der Waals surface area contributed by atoms with E-state index >= 15 is 0 Å². The van der Waals surface area contributed by atoms with Crippen LogP contribution in [-0.2, 0) is 45.2 Å². The molecule has 0 saturated carbocycles. The molecule has 260 valence electrons. The molecule has 1 heterocycles. The van der Waals surface area contributed by atoms with Gasteiger partial charge in [-0.25, -0.2) is 0 Å². The van der Waals surface area contributed by atoms with Crippen LogP contribution in [0.25, 0.3) is 0 Å². The molecule has 1 fully saturated rings. The molecule has 6 rings (SSSR count). The maximum atomic E-state index is 11.0. The van der Waals surface area contributed by atoms with E-state index in [1.807, 2.05) is 129 Å². The Hall–Kier alpha value is -4.01. The van der Waals surface area contributed by atoms with Gasteiger partial charge in [-0.2, -0.15) is 0 Å². The summed E-state index contributed by atoms with van der Waals surface area (Å²) in [5.41, 5.74) is 4.87. The number of ether oxygens (including phenoxy) is 5. The lowest BCUT2D eigenvalue weighted by Gasteiger charge is -2.51. The summed E-state index contributed by atoms with van der Waals surface area (Å²) in [5.74, 6) is 0.832. The zero-order valence-electron chi connectivity index (χ0n) is 28.6. The third-order valence-corrected chi connectivity index (χ3v) is 9.47. The Morgan fingerprint density at radius 2 is 1.20 bits per heavy atom. The Morgan fingerprint density at radius 1 is 0.660 bits per heavy atom. The number of rotatable bonds is 15. The average molecular weight is 693 g/mol. The van der Waals surface area contributed by atoms with Gasteiger partial charge in [-0.05, 0) is 71.8 Å². The van der Waals surface area contributed by atoms with Gasteiger partial charge in [-0.1, -0.05) is 127 Å². The zero-order chi connectivity index (χ0) is 34.8. The summed E-state index contributed by atoms with van der Waals surface area (Å²) >= 11 is 6.81. The van der Waals surface area contributed by atoms with E-state index in [0.29, 0.717) is 37.9 Å². The molecule has 0 spiro atoms. The van der Waals surface area contributed by atoms with Crippen molar-refractivity contribution in [2.45, 2.75) is 70.1 Å². The third kappa shape index (κ3) is 9.01. The van der Waals surface area contributed by atoms with Crippen LogP contribution in [0.2, 0.25) is 5.02 Å². The van der Waals surface area contributed by atoms with Crippen molar-refractivity contribution in [2.24, 2.45) is 0 Å². The molecule has 1 aliphatic rings. The summed E-state index contributed by atoms with van der Waals surface area (Å²) in [6.45, 7) is 5.18. The molecular formula is C43H45ClO6. The van der Waals surface area contributed by atoms with Crippen molar-refractivity contribution >= 4 is 11.6 Å². The molecule has 5 aromatic rings. The number of benzene rings is 5. The number of hydrogen-bond donors (Lipinski definition) is 1. The standard InChI is InChI=1S/C43H45ClO6/c1-3-46-37-22-19-31(20-23-37)25-36-26-35(21-24-38(36)44)39-40(47-27-32-13-7-4-8-14-32)41(48-28-33-15-9-5-10-16-33)42(43(2,30-45)50-39)49-29-34-17-11-6-12-18-34/h4-24,26,39-42,45H,3,25,27-30H2,1-2H3/t39?,40-,41?,42-,43+/m0/s1. The van der Waals surface area contributed by atoms with E-state index in [2.05, 4.69) is 18.2 Å². The summed E-state index contributed by atoms with van der Waals surface area (Å²) in [4.78, 5) is 0. The van der Waals surface area contributed by atoms with E-state index in [0.717, 1.165) is 39.1 Å². The smallest absolute Gasteiger partial charge is 0.119 e. The molecule has 0 radical (unpaired) electrons. The number of hydrogen-bond acceptors (Lipinski definition) is 6. The topological polar surface area (TPSA) is 66.4 Å². The fraction of sp³-hybridized carbons (Fsp3) is 0.302. The highest BCUT2D eigenvalue weighted by Gasteiger charge is 2.54. The quantitative estimate of drug-likeness (QED) is 0.118. The Balaban J connectivity index is 1.37. The highest BCUT2D eigenvalue weighted by molar-refractivity contribution is 6.31. The lowest BCUT2D eigenvalue weighted by Crippen LogP contribution is -2.64. The first-order valence-electron chi connectivity index (χ1n) is 17.2. The summed E-state index contributed by atoms with van der Waals surface area (Å²) in [5, 5.41) is 11.7. The van der Waals surface area contributed by atoms with E-state index in [-0.39, 0.29) is 6.61 Å². The van der Waals surface area contributed by atoms with Gasteiger partial charge in [0.15, 0.2) is 0 Å². The van der Waals surface area contributed by atoms with Gasteiger partial charge in [0.2, 0.25) is 0 Å². The predicted octanol–water partition coefficient (Wildman–Crippen LogP) is 8.91. The van der Waals surface area contributed by atoms with Gasteiger partial charge in [0.1, 0.15) is 35.8 Å². The highest BCUT2D eigenvalue weighted by atomic mass is 35.5. The Labute approximate surface area is 300 Å². The molecule has 6 nitrogen and oxygen atoms in total. The van der Waals surface area contributed by atoms with Gasteiger partial charge < -0.3 is 28.8 Å². The van der Waals surface area contributed by atoms with E-state index < -0.39 is 30.0 Å². The molecular weight excluding hydrogens is 648 g/mol. The maximum Gasteiger partial charge on any atom is 0.119 e. The van der Waals surface area contributed by atoms with Crippen LogP contribution in [0.4, 0.5) is 0 Å². The van der Waals surface area contributed by atoms with Gasteiger partial charge in [-0.15, -0.1) is 0 Å². The minimum absolute atomic E-state index is 0.286. The van der Waals surface area contributed by atoms with E-state index in [4.69, 9.17) is 35.3 Å². The molecule has 50 heavy (non-hydrogen) atoms. The maximum absolute atomic E-state index is 11.0. The molecule has 7 heteroatoms. The van der Waals surface area contributed by atoms with Crippen LogP contribution in [-0.4, -0.2) is 42.2 Å². The van der Waals surface area contributed by atoms with Crippen LogP contribution in [0, 0.1) is 0 Å². The summed E-state index contributed by atoms with van der Waals surface area (Å²) in [6.07, 6.45) is -1.86. The second-order valence-electron chi connectivity index (χ2n) is 12.9. The Morgan fingerprint density at radius 3 is 1.74 bits per heavy atom. The second kappa shape index (κ2) is 17.3. The molecule has 0 aliphatic carbocycles. The largest absolute Gasteiger partial charge is 0.494 e. The normalized spacial score (nSPS) is 21.9. The first kappa shape index (κ1) is 35.8. The van der Waals surface area contributed by atoms with Gasteiger partial charge in [-0.3, -0.25) is 0 Å². The van der Waals surface area contributed by atoms with E-state index in [1.165, 1.54) is 0 Å². The van der Waals surface area contributed by atoms with Gasteiger partial charge in [0.05, 0.1) is 33.0 Å². The molecule has 5 aromatic carbocycles. The molecule has 1 saturated heterocycles. The summed E-state index contributed by atoms with van der Waals surface area (Å²) in [7, 11) is 0. The Bertz CT molecular complexity index is 1750. The van der Waals surface area contributed by atoms with Crippen LogP contribution in [0.5, 0.6) is 5.75 Å². The number of aliphatic hydroxyl groups excluding tert-OH is 1. The van der Waals surface area contributed by atoms with Crippen LogP contribution in [0.15, 0.2) is 133 Å². The monoisotopic (exact) mass is 692 g/mol. The Kier molecular flexibility index (Phi) is 12.4. The van der Waals surface area contributed by atoms with Crippen LogP contribution in [0.3, 0.4) is 0 Å². The van der Waals surface area contributed by atoms with E-state index in [9.17, 15) is 5.11 Å². The number of aliphatic hydroxyl groups is 1. The second-order valence-corrected chi connectivity index (χ2v) is 13.3. The highest BCUT2D eigenvalue weighted by Crippen LogP contribution is 2.43. The molecule has 1 N–H and O–H groups in total. The van der Waals surface area contributed by atoms with Crippen molar-refractivity contribution in [1.82, 2.24) is 0 Å². The van der Waals surface area contributed by atoms with Crippen molar-refractivity contribution in [3.05, 3.63) is 172 Å². The van der Waals surface area contributed by atoms with Gasteiger partial charge >= 0.3 is 0 Å². The fourth-order valence-corrected chi connectivity index (χ4v) is 6.61. The first-order valence-corrected chi connectivity index (χ1v) is 17.6. The van der Waals surface area contributed by atoms with Crippen molar-refractivity contribution in [3.8, 4) is 5.75 Å². The minimum atomic E-state index is -1.12. The number of halogens is 1. The van der Waals surface area contributed by atoms with Crippen LogP contribution >= 0.6 is 11.6 Å². The average Bonchev–Trinajstić information content (AvgIpc) is 3.16. The van der Waals surface area contributed by atoms with Crippen molar-refractivity contribution < 1.29 is 28.8 Å². The molecule has 1 aliphatic heterocycles.